The lowest BCUT2D eigenvalue weighted by atomic mass is 9.99. The molecule has 0 aromatic carbocycles. The first kappa shape index (κ1) is 13.2. The van der Waals surface area contributed by atoms with Crippen LogP contribution < -0.4 is 0 Å². The fraction of sp³-hybridized carbons (Fsp3) is 0.875. The fourth-order valence-corrected chi connectivity index (χ4v) is 4.12. The van der Waals surface area contributed by atoms with Gasteiger partial charge >= 0.3 is 15.6 Å². The molecule has 17 heavy (non-hydrogen) atoms. The van der Waals surface area contributed by atoms with E-state index in [1.165, 1.54) is 0 Å². The largest absolute Gasteiger partial charge is 0.524 e. The molecule has 0 saturated heterocycles. The van der Waals surface area contributed by atoms with Crippen LogP contribution >= 0.6 is 12.0 Å². The molecule has 9 heteroatoms. The van der Waals surface area contributed by atoms with Crippen LogP contribution in [0, 0.1) is 5.92 Å². The molecule has 0 aliphatic heterocycles. The molecule has 4 nitrogen and oxygen atoms in total. The standard InChI is InChI=1S/C8H9F3O4S2/c9-8(10,11)17(13,14)15-16-7-2-1-5(4-7)3-6(7)12/h5H,1-4H2. The second-order valence-electron chi connectivity index (χ2n) is 4.28. The molecule has 0 heterocycles. The molecule has 98 valence electrons. The first-order valence-electron chi connectivity index (χ1n) is 4.88. The highest BCUT2D eigenvalue weighted by molar-refractivity contribution is 8.06. The Morgan fingerprint density at radius 2 is 2.06 bits per heavy atom. The maximum Gasteiger partial charge on any atom is 0.524 e. The van der Waals surface area contributed by atoms with E-state index in [0.29, 0.717) is 19.3 Å². The lowest BCUT2D eigenvalue weighted by molar-refractivity contribution is -0.120. The van der Waals surface area contributed by atoms with E-state index in [-0.39, 0.29) is 23.7 Å². The summed E-state index contributed by atoms with van der Waals surface area (Å²) in [7, 11) is -5.63. The van der Waals surface area contributed by atoms with E-state index in [9.17, 15) is 26.4 Å². The van der Waals surface area contributed by atoms with Crippen molar-refractivity contribution in [3.8, 4) is 0 Å². The van der Waals surface area contributed by atoms with Gasteiger partial charge < -0.3 is 0 Å². The van der Waals surface area contributed by atoms with Crippen LogP contribution in [0.15, 0.2) is 0 Å². The van der Waals surface area contributed by atoms with Gasteiger partial charge in [-0.25, -0.2) is 0 Å². The smallest absolute Gasteiger partial charge is 0.298 e. The monoisotopic (exact) mass is 290 g/mol. The van der Waals surface area contributed by atoms with Gasteiger partial charge in [-0.3, -0.25) is 4.79 Å². The number of hydrogen-bond acceptors (Lipinski definition) is 5. The van der Waals surface area contributed by atoms with Gasteiger partial charge in [0, 0.05) is 18.5 Å². The SMILES string of the molecule is O=C1CC2CCC1(SOS(=O)(=O)C(F)(F)F)C2. The number of halogens is 3. The average molecular weight is 290 g/mol. The molecule has 2 rings (SSSR count). The lowest BCUT2D eigenvalue weighted by Crippen LogP contribution is -2.32. The molecule has 2 fully saturated rings. The average Bonchev–Trinajstić information content (AvgIpc) is 2.70. The van der Waals surface area contributed by atoms with Crippen LogP contribution in [0.25, 0.3) is 0 Å². The molecule has 0 spiro atoms. The molecule has 0 N–H and O–H groups in total. The maximum atomic E-state index is 12.0. The number of alkyl halides is 3. The zero-order valence-corrected chi connectivity index (χ0v) is 10.1. The molecule has 0 amide bonds. The quantitative estimate of drug-likeness (QED) is 0.588. The Labute approximate surface area is 100 Å². The number of fused-ring (bicyclic) bond motifs is 2. The number of Topliss-reactive ketones (excluding diaryl/α,β-unsaturated/α-hetero) is 1. The minimum atomic E-state index is -5.63. The molecular weight excluding hydrogens is 281 g/mol. The van der Waals surface area contributed by atoms with Crippen molar-refractivity contribution in [2.24, 2.45) is 5.92 Å². The summed E-state index contributed by atoms with van der Waals surface area (Å²) in [4.78, 5) is 11.5. The summed E-state index contributed by atoms with van der Waals surface area (Å²) >= 11 is 0.158. The molecule has 2 atom stereocenters. The van der Waals surface area contributed by atoms with Crippen molar-refractivity contribution < 1.29 is 30.0 Å². The van der Waals surface area contributed by atoms with E-state index < -0.39 is 20.4 Å². The van der Waals surface area contributed by atoms with Crippen LogP contribution in [0.5, 0.6) is 0 Å². The zero-order chi connectivity index (χ0) is 12.9. The second-order valence-corrected chi connectivity index (χ2v) is 7.15. The van der Waals surface area contributed by atoms with Crippen LogP contribution in [0.3, 0.4) is 0 Å². The number of carbonyl (C=O) groups is 1. The third kappa shape index (κ3) is 2.19. The van der Waals surface area contributed by atoms with E-state index in [2.05, 4.69) is 3.63 Å². The van der Waals surface area contributed by atoms with E-state index >= 15 is 0 Å². The van der Waals surface area contributed by atoms with Gasteiger partial charge in [-0.05, 0) is 25.2 Å². The molecule has 0 aromatic heterocycles. The number of hydrogen-bond donors (Lipinski definition) is 0. The van der Waals surface area contributed by atoms with Crippen LogP contribution in [-0.2, 0) is 18.5 Å². The van der Waals surface area contributed by atoms with Crippen molar-refractivity contribution in [2.45, 2.75) is 35.9 Å². The Bertz CT molecular complexity index is 444. The number of rotatable bonds is 3. The predicted octanol–water partition coefficient (Wildman–Crippen LogP) is 2.01. The first-order chi connectivity index (χ1) is 7.66. The summed E-state index contributed by atoms with van der Waals surface area (Å²) in [5.41, 5.74) is -5.45. The molecule has 2 aliphatic carbocycles. The normalized spacial score (nSPS) is 33.4. The summed E-state index contributed by atoms with van der Waals surface area (Å²) in [5.74, 6) is -0.0525. The minimum absolute atomic E-state index is 0.158. The van der Waals surface area contributed by atoms with Crippen molar-refractivity contribution in [2.75, 3.05) is 0 Å². The molecule has 0 aromatic rings. The predicted molar refractivity (Wildman–Crippen MR) is 53.3 cm³/mol. The van der Waals surface area contributed by atoms with Crippen molar-refractivity contribution in [1.29, 1.82) is 0 Å². The van der Waals surface area contributed by atoms with Crippen LogP contribution in [0.2, 0.25) is 0 Å². The van der Waals surface area contributed by atoms with E-state index in [1.54, 1.807) is 0 Å². The summed E-state index contributed by atoms with van der Waals surface area (Å²) < 4.78 is 60.3. The van der Waals surface area contributed by atoms with Gasteiger partial charge in [0.05, 0.1) is 0 Å². The van der Waals surface area contributed by atoms with Gasteiger partial charge in [0.1, 0.15) is 4.75 Å². The lowest BCUT2D eigenvalue weighted by Gasteiger charge is -2.22. The summed E-state index contributed by atoms with van der Waals surface area (Å²) in [6.07, 6.45) is 1.83. The Morgan fingerprint density at radius 3 is 2.47 bits per heavy atom. The number of ketones is 1. The minimum Gasteiger partial charge on any atom is -0.298 e. The second kappa shape index (κ2) is 3.86. The fourth-order valence-electron chi connectivity index (χ4n) is 2.25. The van der Waals surface area contributed by atoms with Crippen molar-refractivity contribution in [3.63, 3.8) is 0 Å². The summed E-state index contributed by atoms with van der Waals surface area (Å²) in [5, 5.41) is 0. The first-order valence-corrected chi connectivity index (χ1v) is 7.03. The van der Waals surface area contributed by atoms with Crippen molar-refractivity contribution in [1.82, 2.24) is 0 Å². The van der Waals surface area contributed by atoms with Crippen LogP contribution in [0.4, 0.5) is 13.2 Å². The summed E-state index contributed by atoms with van der Waals surface area (Å²) in [6, 6.07) is 0. The Morgan fingerprint density at radius 1 is 1.41 bits per heavy atom. The highest BCUT2D eigenvalue weighted by Crippen LogP contribution is 2.54. The maximum absolute atomic E-state index is 12.0. The molecule has 0 radical (unpaired) electrons. The molecular formula is C8H9F3O4S2. The Kier molecular flexibility index (Phi) is 2.98. The Hall–Kier alpha value is -0.280. The van der Waals surface area contributed by atoms with Gasteiger partial charge in [0.15, 0.2) is 5.78 Å². The van der Waals surface area contributed by atoms with Gasteiger partial charge in [-0.15, -0.1) is 0 Å². The number of carbonyl (C=O) groups excluding carboxylic acids is 1. The Balaban J connectivity index is 2.07. The van der Waals surface area contributed by atoms with Gasteiger partial charge in [-0.2, -0.15) is 25.2 Å². The van der Waals surface area contributed by atoms with Crippen LogP contribution in [-0.4, -0.2) is 24.5 Å². The van der Waals surface area contributed by atoms with Gasteiger partial charge in [0.25, 0.3) is 0 Å². The molecule has 2 unspecified atom stereocenters. The molecule has 2 aliphatic rings. The highest BCUT2D eigenvalue weighted by atomic mass is 32.3. The molecule has 2 saturated carbocycles. The van der Waals surface area contributed by atoms with E-state index in [1.807, 2.05) is 0 Å². The van der Waals surface area contributed by atoms with Crippen LogP contribution in [0.1, 0.15) is 25.7 Å². The topological polar surface area (TPSA) is 60.4 Å². The van der Waals surface area contributed by atoms with E-state index in [0.717, 1.165) is 6.42 Å². The zero-order valence-electron chi connectivity index (χ0n) is 8.49. The van der Waals surface area contributed by atoms with E-state index in [4.69, 9.17) is 0 Å². The summed E-state index contributed by atoms with van der Waals surface area (Å²) in [6.45, 7) is 0. The third-order valence-electron chi connectivity index (χ3n) is 3.12. The molecule has 2 bridgehead atoms. The van der Waals surface area contributed by atoms with Crippen molar-refractivity contribution in [3.05, 3.63) is 0 Å². The van der Waals surface area contributed by atoms with Gasteiger partial charge in [0.2, 0.25) is 0 Å². The highest BCUT2D eigenvalue weighted by Gasteiger charge is 2.56. The third-order valence-corrected chi connectivity index (χ3v) is 5.60. The van der Waals surface area contributed by atoms with Crippen molar-refractivity contribution >= 4 is 27.9 Å². The van der Waals surface area contributed by atoms with Gasteiger partial charge in [-0.1, -0.05) is 0 Å².